The molecule has 1 N–H and O–H groups in total. The topological polar surface area (TPSA) is 89.5 Å². The minimum absolute atomic E-state index is 0.109. The summed E-state index contributed by atoms with van der Waals surface area (Å²) in [6.45, 7) is 1.74. The summed E-state index contributed by atoms with van der Waals surface area (Å²) < 4.78 is 75.7. The molecule has 1 aromatic carbocycles. The molecule has 0 spiro atoms. The Morgan fingerprint density at radius 3 is 2.35 bits per heavy atom. The van der Waals surface area contributed by atoms with Gasteiger partial charge in [-0.2, -0.15) is 8.78 Å². The fraction of sp³-hybridized carbons (Fsp3) is 0.333. The molecule has 0 saturated heterocycles. The van der Waals surface area contributed by atoms with Gasteiger partial charge < -0.3 is 4.74 Å². The molecule has 11 heteroatoms. The van der Waals surface area contributed by atoms with Crippen LogP contribution >= 0.6 is 10.7 Å². The third-order valence-electron chi connectivity index (χ3n) is 2.00. The van der Waals surface area contributed by atoms with Crippen molar-refractivity contribution in [1.82, 2.24) is 0 Å². The number of halogens is 3. The van der Waals surface area contributed by atoms with Gasteiger partial charge in [0.1, 0.15) is 10.6 Å². The minimum atomic E-state index is -4.90. The van der Waals surface area contributed by atoms with Crippen LogP contribution in [0.15, 0.2) is 23.1 Å². The molecule has 0 aliphatic carbocycles. The Morgan fingerprint density at radius 1 is 1.30 bits per heavy atom. The van der Waals surface area contributed by atoms with E-state index in [1.165, 1.54) is 0 Å². The van der Waals surface area contributed by atoms with Gasteiger partial charge in [-0.15, -0.1) is 0 Å². The summed E-state index contributed by atoms with van der Waals surface area (Å²) in [5.41, 5.74) is -0.368. The van der Waals surface area contributed by atoms with Crippen molar-refractivity contribution in [3.8, 4) is 5.75 Å². The van der Waals surface area contributed by atoms with Crippen molar-refractivity contribution in [2.75, 3.05) is 11.3 Å². The fourth-order valence-electron chi connectivity index (χ4n) is 1.25. The van der Waals surface area contributed by atoms with Crippen LogP contribution in [0.2, 0.25) is 0 Å². The molecule has 1 aromatic rings. The van der Waals surface area contributed by atoms with Gasteiger partial charge in [0, 0.05) is 10.7 Å². The van der Waals surface area contributed by atoms with Crippen molar-refractivity contribution in [3.63, 3.8) is 0 Å². The van der Waals surface area contributed by atoms with Gasteiger partial charge >= 0.3 is 5.76 Å². The quantitative estimate of drug-likeness (QED) is 0.793. The van der Waals surface area contributed by atoms with Crippen molar-refractivity contribution in [3.05, 3.63) is 18.2 Å². The number of benzene rings is 1. The molecule has 0 radical (unpaired) electrons. The van der Waals surface area contributed by atoms with E-state index in [1.54, 1.807) is 11.6 Å². The minimum Gasteiger partial charge on any atom is -0.492 e. The first-order valence-corrected chi connectivity index (χ1v) is 8.94. The normalized spacial score (nSPS) is 12.4. The largest absolute Gasteiger partial charge is 0.492 e. The van der Waals surface area contributed by atoms with E-state index in [0.717, 1.165) is 18.2 Å². The van der Waals surface area contributed by atoms with Crippen LogP contribution in [-0.4, -0.2) is 29.2 Å². The number of nitrogens with one attached hydrogen (secondary N) is 1. The third-order valence-corrected chi connectivity index (χ3v) is 4.33. The molecular weight excluding hydrogens is 340 g/mol. The average Bonchev–Trinajstić information content (AvgIpc) is 2.29. The van der Waals surface area contributed by atoms with Crippen LogP contribution in [0.3, 0.4) is 0 Å². The Kier molecular flexibility index (Phi) is 5.16. The number of ether oxygens (including phenoxy) is 1. The zero-order chi connectivity index (χ0) is 15.6. The highest BCUT2D eigenvalue weighted by Crippen LogP contribution is 2.30. The van der Waals surface area contributed by atoms with Crippen molar-refractivity contribution >= 4 is 35.4 Å². The lowest BCUT2D eigenvalue weighted by molar-refractivity contribution is 0.236. The smallest absolute Gasteiger partial charge is 0.355 e. The Balaban J connectivity index is 3.27. The summed E-state index contributed by atoms with van der Waals surface area (Å²) in [6.07, 6.45) is 0. The summed E-state index contributed by atoms with van der Waals surface area (Å²) in [4.78, 5) is -0.518. The van der Waals surface area contributed by atoms with Gasteiger partial charge in [0.25, 0.3) is 19.1 Å². The maximum Gasteiger partial charge on any atom is 0.355 e. The second-order valence-corrected chi connectivity index (χ2v) is 7.62. The van der Waals surface area contributed by atoms with Crippen molar-refractivity contribution in [2.45, 2.75) is 17.6 Å². The van der Waals surface area contributed by atoms with Crippen molar-refractivity contribution in [2.24, 2.45) is 0 Å². The molecule has 0 saturated carbocycles. The van der Waals surface area contributed by atoms with Crippen LogP contribution in [0.4, 0.5) is 14.5 Å². The fourth-order valence-corrected chi connectivity index (χ4v) is 2.79. The summed E-state index contributed by atoms with van der Waals surface area (Å²) in [5, 5.41) is 0. The van der Waals surface area contributed by atoms with Gasteiger partial charge in [0.2, 0.25) is 0 Å². The van der Waals surface area contributed by atoms with Crippen LogP contribution in [0.25, 0.3) is 0 Å². The Morgan fingerprint density at radius 2 is 1.90 bits per heavy atom. The van der Waals surface area contributed by atoms with Crippen LogP contribution in [-0.2, 0) is 19.1 Å². The molecule has 0 unspecified atom stereocenters. The third kappa shape index (κ3) is 4.18. The first-order valence-electron chi connectivity index (χ1n) is 5.09. The molecule has 0 heterocycles. The average molecular weight is 350 g/mol. The lowest BCUT2D eigenvalue weighted by atomic mass is 10.3. The molecule has 6 nitrogen and oxygen atoms in total. The first kappa shape index (κ1) is 16.9. The second kappa shape index (κ2) is 6.10. The zero-order valence-corrected chi connectivity index (χ0v) is 12.4. The highest BCUT2D eigenvalue weighted by atomic mass is 35.7. The van der Waals surface area contributed by atoms with Crippen molar-refractivity contribution < 1.29 is 30.4 Å². The number of sulfonamides is 1. The van der Waals surface area contributed by atoms with Gasteiger partial charge in [-0.25, -0.2) is 16.8 Å². The maximum atomic E-state index is 12.2. The lowest BCUT2D eigenvalue weighted by Crippen LogP contribution is -2.20. The monoisotopic (exact) mass is 349 g/mol. The number of rotatable bonds is 6. The van der Waals surface area contributed by atoms with E-state index in [2.05, 4.69) is 0 Å². The molecule has 0 aliphatic rings. The first-order chi connectivity index (χ1) is 9.08. The molecule has 114 valence electrons. The lowest BCUT2D eigenvalue weighted by Gasteiger charge is -2.11. The van der Waals surface area contributed by atoms with Gasteiger partial charge in [-0.1, -0.05) is 0 Å². The summed E-state index contributed by atoms with van der Waals surface area (Å²) in [7, 11) is -3.96. The summed E-state index contributed by atoms with van der Waals surface area (Å²) in [6, 6.07) is 2.99. The second-order valence-electron chi connectivity index (χ2n) is 3.44. The van der Waals surface area contributed by atoms with Crippen LogP contribution < -0.4 is 9.46 Å². The standard InChI is InChI=1S/C9H10ClF2NO5S2/c1-2-18-7-4-3-6(5-8(7)19(10,14)15)13-20(16,17)9(11)12/h3-5,9,13H,2H2,1H3. The Hall–Kier alpha value is -1.13. The van der Waals surface area contributed by atoms with E-state index in [0.29, 0.717) is 0 Å². The highest BCUT2D eigenvalue weighted by molar-refractivity contribution is 8.13. The predicted molar refractivity (Wildman–Crippen MR) is 69.2 cm³/mol. The van der Waals surface area contributed by atoms with Gasteiger partial charge in [0.15, 0.2) is 0 Å². The van der Waals surface area contributed by atoms with E-state index >= 15 is 0 Å². The molecule has 0 atom stereocenters. The maximum absolute atomic E-state index is 12.2. The van der Waals surface area contributed by atoms with E-state index in [4.69, 9.17) is 15.4 Å². The predicted octanol–water partition coefficient (Wildman–Crippen LogP) is 1.98. The Labute approximate surface area is 119 Å². The van der Waals surface area contributed by atoms with Gasteiger partial charge in [-0.05, 0) is 25.1 Å². The number of hydrogen-bond acceptors (Lipinski definition) is 5. The van der Waals surface area contributed by atoms with Gasteiger partial charge in [-0.3, -0.25) is 4.72 Å². The Bertz CT molecular complexity index is 690. The number of hydrogen-bond donors (Lipinski definition) is 1. The van der Waals surface area contributed by atoms with Crippen LogP contribution in [0, 0.1) is 0 Å². The van der Waals surface area contributed by atoms with E-state index in [1.807, 2.05) is 0 Å². The van der Waals surface area contributed by atoms with Gasteiger partial charge in [0.05, 0.1) is 12.3 Å². The number of alkyl halides is 2. The molecular formula is C9H10ClF2NO5S2. The highest BCUT2D eigenvalue weighted by Gasteiger charge is 2.25. The molecule has 0 aromatic heterocycles. The van der Waals surface area contributed by atoms with Crippen molar-refractivity contribution in [1.29, 1.82) is 0 Å². The van der Waals surface area contributed by atoms with Crippen LogP contribution in [0.1, 0.15) is 6.92 Å². The summed E-state index contributed by atoms with van der Waals surface area (Å²) in [5.74, 6) is -3.76. The van der Waals surface area contributed by atoms with E-state index in [-0.39, 0.29) is 18.0 Å². The van der Waals surface area contributed by atoms with E-state index < -0.39 is 29.7 Å². The van der Waals surface area contributed by atoms with Crippen LogP contribution in [0.5, 0.6) is 5.75 Å². The molecule has 0 amide bonds. The molecule has 1 rings (SSSR count). The molecule has 0 aliphatic heterocycles. The molecule has 0 fully saturated rings. The molecule has 0 bridgehead atoms. The molecule has 20 heavy (non-hydrogen) atoms. The zero-order valence-electron chi connectivity index (χ0n) is 10.0. The number of anilines is 1. The summed E-state index contributed by atoms with van der Waals surface area (Å²) >= 11 is 0. The SMILES string of the molecule is CCOc1ccc(NS(=O)(=O)C(F)F)cc1S(=O)(=O)Cl. The van der Waals surface area contributed by atoms with E-state index in [9.17, 15) is 25.6 Å².